The van der Waals surface area contributed by atoms with E-state index in [0.717, 1.165) is 26.1 Å². The fourth-order valence-corrected chi connectivity index (χ4v) is 3.14. The Bertz CT molecular complexity index is 589. The first-order chi connectivity index (χ1) is 10.2. The number of benzene rings is 2. The van der Waals surface area contributed by atoms with E-state index < -0.39 is 0 Å². The summed E-state index contributed by atoms with van der Waals surface area (Å²) in [5.41, 5.74) is 5.68. The zero-order valence-corrected chi connectivity index (χ0v) is 13.0. The molecule has 2 nitrogen and oxygen atoms in total. The Balaban J connectivity index is 1.65. The van der Waals surface area contributed by atoms with E-state index in [1.54, 1.807) is 0 Å². The summed E-state index contributed by atoms with van der Waals surface area (Å²) >= 11 is 0. The van der Waals surface area contributed by atoms with E-state index in [1.807, 2.05) is 0 Å². The average molecular weight is 280 g/mol. The molecule has 1 aliphatic heterocycles. The van der Waals surface area contributed by atoms with E-state index in [1.165, 1.54) is 22.3 Å². The highest BCUT2D eigenvalue weighted by atomic mass is 15.1. The van der Waals surface area contributed by atoms with Crippen molar-refractivity contribution in [1.29, 1.82) is 0 Å². The Labute approximate surface area is 127 Å². The normalized spacial score (nSPS) is 17.8. The van der Waals surface area contributed by atoms with Crippen LogP contribution in [0.2, 0.25) is 0 Å². The lowest BCUT2D eigenvalue weighted by Gasteiger charge is -2.30. The number of nitrogens with zero attached hydrogens (tertiary/aromatic N) is 1. The van der Waals surface area contributed by atoms with Crippen molar-refractivity contribution in [2.75, 3.05) is 20.1 Å². The highest BCUT2D eigenvalue weighted by molar-refractivity contribution is 5.32. The maximum absolute atomic E-state index is 3.66. The Morgan fingerprint density at radius 2 is 1.86 bits per heavy atom. The molecule has 0 saturated carbocycles. The zero-order valence-electron chi connectivity index (χ0n) is 13.0. The predicted molar refractivity (Wildman–Crippen MR) is 88.4 cm³/mol. The number of nitrogens with one attached hydrogen (secondary N) is 1. The van der Waals surface area contributed by atoms with Gasteiger partial charge in [0.2, 0.25) is 0 Å². The minimum Gasteiger partial charge on any atom is -0.309 e. The number of hydrogen-bond donors (Lipinski definition) is 1. The van der Waals surface area contributed by atoms with Gasteiger partial charge in [0.05, 0.1) is 0 Å². The first kappa shape index (κ1) is 14.3. The van der Waals surface area contributed by atoms with Crippen LogP contribution >= 0.6 is 0 Å². The van der Waals surface area contributed by atoms with Crippen molar-refractivity contribution in [1.82, 2.24) is 10.2 Å². The minimum absolute atomic E-state index is 0.449. The standard InChI is InChI=1S/C19H24N2/c1-15-7-9-16(10-8-15)13-21(2)14-19-18-6-4-3-5-17(18)11-12-20-19/h3-10,19-20H,11-14H2,1-2H3. The SMILES string of the molecule is Cc1ccc(CN(C)CC2NCCc3ccccc32)cc1. The van der Waals surface area contributed by atoms with Crippen LogP contribution in [0.15, 0.2) is 48.5 Å². The second kappa shape index (κ2) is 6.42. The molecule has 0 fully saturated rings. The summed E-state index contributed by atoms with van der Waals surface area (Å²) in [6, 6.07) is 18.1. The third kappa shape index (κ3) is 3.52. The van der Waals surface area contributed by atoms with Crippen LogP contribution in [-0.2, 0) is 13.0 Å². The lowest BCUT2D eigenvalue weighted by Crippen LogP contribution is -2.37. The Hall–Kier alpha value is -1.64. The molecule has 3 rings (SSSR count). The van der Waals surface area contributed by atoms with Crippen LogP contribution in [0.25, 0.3) is 0 Å². The van der Waals surface area contributed by atoms with E-state index in [9.17, 15) is 0 Å². The molecule has 1 N–H and O–H groups in total. The number of hydrogen-bond acceptors (Lipinski definition) is 2. The Morgan fingerprint density at radius 1 is 1.10 bits per heavy atom. The molecule has 110 valence electrons. The topological polar surface area (TPSA) is 15.3 Å². The van der Waals surface area contributed by atoms with E-state index in [2.05, 4.69) is 72.7 Å². The van der Waals surface area contributed by atoms with Gasteiger partial charge in [-0.1, -0.05) is 54.1 Å². The van der Waals surface area contributed by atoms with Gasteiger partial charge in [-0.2, -0.15) is 0 Å². The van der Waals surface area contributed by atoms with Gasteiger partial charge in [-0.25, -0.2) is 0 Å². The van der Waals surface area contributed by atoms with Crippen molar-refractivity contribution < 1.29 is 0 Å². The van der Waals surface area contributed by atoms with Crippen LogP contribution in [0.3, 0.4) is 0 Å². The van der Waals surface area contributed by atoms with Crippen molar-refractivity contribution in [2.24, 2.45) is 0 Å². The van der Waals surface area contributed by atoms with Crippen molar-refractivity contribution in [2.45, 2.75) is 25.9 Å². The van der Waals surface area contributed by atoms with Gasteiger partial charge in [0, 0.05) is 19.1 Å². The van der Waals surface area contributed by atoms with Crippen molar-refractivity contribution in [3.8, 4) is 0 Å². The van der Waals surface area contributed by atoms with Crippen molar-refractivity contribution in [3.63, 3.8) is 0 Å². The molecular formula is C19H24N2. The molecule has 1 aliphatic rings. The number of likely N-dealkylation sites (N-methyl/N-ethyl adjacent to an activating group) is 1. The monoisotopic (exact) mass is 280 g/mol. The first-order valence-electron chi connectivity index (χ1n) is 7.77. The molecule has 2 heteroatoms. The Kier molecular flexibility index (Phi) is 4.37. The van der Waals surface area contributed by atoms with Crippen LogP contribution in [0.5, 0.6) is 0 Å². The lowest BCUT2D eigenvalue weighted by atomic mass is 9.94. The maximum atomic E-state index is 3.66. The average Bonchev–Trinajstić information content (AvgIpc) is 2.50. The van der Waals surface area contributed by atoms with Gasteiger partial charge >= 0.3 is 0 Å². The van der Waals surface area contributed by atoms with Gasteiger partial charge in [0.1, 0.15) is 0 Å². The second-order valence-electron chi connectivity index (χ2n) is 6.14. The molecule has 0 bridgehead atoms. The third-order valence-corrected chi connectivity index (χ3v) is 4.28. The molecule has 1 heterocycles. The van der Waals surface area contributed by atoms with Gasteiger partial charge in [-0.3, -0.25) is 0 Å². The van der Waals surface area contributed by atoms with Gasteiger partial charge in [-0.05, 0) is 43.6 Å². The van der Waals surface area contributed by atoms with E-state index in [4.69, 9.17) is 0 Å². The van der Waals surface area contributed by atoms with Crippen LogP contribution in [-0.4, -0.2) is 25.0 Å². The quantitative estimate of drug-likeness (QED) is 0.924. The molecule has 2 aromatic carbocycles. The molecule has 0 amide bonds. The number of fused-ring (bicyclic) bond motifs is 1. The lowest BCUT2D eigenvalue weighted by molar-refractivity contribution is 0.278. The molecule has 0 spiro atoms. The van der Waals surface area contributed by atoms with Gasteiger partial charge in [-0.15, -0.1) is 0 Å². The summed E-state index contributed by atoms with van der Waals surface area (Å²) in [5.74, 6) is 0. The summed E-state index contributed by atoms with van der Waals surface area (Å²) in [4.78, 5) is 2.41. The van der Waals surface area contributed by atoms with Crippen LogP contribution in [0.4, 0.5) is 0 Å². The van der Waals surface area contributed by atoms with Gasteiger partial charge in [0.25, 0.3) is 0 Å². The molecular weight excluding hydrogens is 256 g/mol. The molecule has 0 aromatic heterocycles. The molecule has 0 radical (unpaired) electrons. The van der Waals surface area contributed by atoms with E-state index >= 15 is 0 Å². The highest BCUT2D eigenvalue weighted by Crippen LogP contribution is 2.23. The van der Waals surface area contributed by atoms with Gasteiger partial charge < -0.3 is 10.2 Å². The predicted octanol–water partition coefficient (Wildman–Crippen LogP) is 3.31. The highest BCUT2D eigenvalue weighted by Gasteiger charge is 2.20. The Morgan fingerprint density at radius 3 is 2.67 bits per heavy atom. The van der Waals surface area contributed by atoms with Crippen LogP contribution in [0, 0.1) is 6.92 Å². The molecule has 0 aliphatic carbocycles. The summed E-state index contributed by atoms with van der Waals surface area (Å²) in [7, 11) is 2.21. The molecule has 2 aromatic rings. The maximum Gasteiger partial charge on any atom is 0.0452 e. The van der Waals surface area contributed by atoms with E-state index in [-0.39, 0.29) is 0 Å². The fraction of sp³-hybridized carbons (Fsp3) is 0.368. The van der Waals surface area contributed by atoms with E-state index in [0.29, 0.717) is 6.04 Å². The third-order valence-electron chi connectivity index (χ3n) is 4.28. The second-order valence-corrected chi connectivity index (χ2v) is 6.14. The zero-order chi connectivity index (χ0) is 14.7. The van der Waals surface area contributed by atoms with Crippen LogP contribution < -0.4 is 5.32 Å². The summed E-state index contributed by atoms with van der Waals surface area (Å²) in [6.45, 7) is 5.27. The number of aryl methyl sites for hydroxylation is 1. The largest absolute Gasteiger partial charge is 0.309 e. The van der Waals surface area contributed by atoms with Gasteiger partial charge in [0.15, 0.2) is 0 Å². The molecule has 0 saturated heterocycles. The van der Waals surface area contributed by atoms with Crippen molar-refractivity contribution in [3.05, 3.63) is 70.8 Å². The molecule has 1 unspecified atom stereocenters. The van der Waals surface area contributed by atoms with Crippen molar-refractivity contribution >= 4 is 0 Å². The smallest absolute Gasteiger partial charge is 0.0452 e. The first-order valence-corrected chi connectivity index (χ1v) is 7.77. The fourth-order valence-electron chi connectivity index (χ4n) is 3.14. The minimum atomic E-state index is 0.449. The molecule has 21 heavy (non-hydrogen) atoms. The van der Waals surface area contributed by atoms with Crippen LogP contribution in [0.1, 0.15) is 28.3 Å². The summed E-state index contributed by atoms with van der Waals surface area (Å²) in [5, 5.41) is 3.66. The summed E-state index contributed by atoms with van der Waals surface area (Å²) in [6.07, 6.45) is 1.15. The molecule has 1 atom stereocenters. The summed E-state index contributed by atoms with van der Waals surface area (Å²) < 4.78 is 0. The number of rotatable bonds is 4.